The van der Waals surface area contributed by atoms with Crippen molar-refractivity contribution in [2.45, 2.75) is 61.6 Å². The van der Waals surface area contributed by atoms with Crippen molar-refractivity contribution in [1.82, 2.24) is 15.8 Å². The number of nitrogens with one attached hydrogen (secondary N) is 2. The summed E-state index contributed by atoms with van der Waals surface area (Å²) < 4.78 is -0.585. The molecule has 0 saturated heterocycles. The van der Waals surface area contributed by atoms with E-state index >= 15 is 0 Å². The van der Waals surface area contributed by atoms with Gasteiger partial charge in [-0.05, 0) is 62.9 Å². The maximum Gasteiger partial charge on any atom is 0.241 e. The molecule has 1 aliphatic heterocycles. The Kier molecular flexibility index (Phi) is 6.21. The van der Waals surface area contributed by atoms with Crippen molar-refractivity contribution in [1.29, 1.82) is 0 Å². The Labute approximate surface area is 165 Å². The van der Waals surface area contributed by atoms with Gasteiger partial charge in [0.2, 0.25) is 5.91 Å². The minimum atomic E-state index is -0.585. The van der Waals surface area contributed by atoms with Crippen LogP contribution in [0.4, 0.5) is 0 Å². The highest BCUT2D eigenvalue weighted by atomic mass is 35.5. The van der Waals surface area contributed by atoms with E-state index in [0.29, 0.717) is 17.0 Å². The number of carbonyl (C=O) groups is 1. The molecule has 1 aliphatic carbocycles. The number of nitrogens with zero attached hydrogens (tertiary/aromatic N) is 1. The van der Waals surface area contributed by atoms with E-state index in [1.807, 2.05) is 50.2 Å². The molecule has 2 aliphatic rings. The SMILES string of the molecule is CN1NC(C2CCCCC2)C=C1NC(=O)C(C)(C)Sc1ccc(Cl)cc1. The van der Waals surface area contributed by atoms with E-state index in [1.165, 1.54) is 43.9 Å². The average molecular weight is 394 g/mol. The van der Waals surface area contributed by atoms with Crippen molar-refractivity contribution in [2.24, 2.45) is 5.92 Å². The topological polar surface area (TPSA) is 44.4 Å². The fraction of sp³-hybridized carbons (Fsp3) is 0.550. The van der Waals surface area contributed by atoms with Gasteiger partial charge in [-0.1, -0.05) is 30.9 Å². The highest BCUT2D eigenvalue weighted by Crippen LogP contribution is 2.34. The molecule has 1 heterocycles. The summed E-state index contributed by atoms with van der Waals surface area (Å²) in [6, 6.07) is 7.92. The van der Waals surface area contributed by atoms with Crippen LogP contribution in [0.5, 0.6) is 0 Å². The minimum Gasteiger partial charge on any atom is -0.310 e. The van der Waals surface area contributed by atoms with Gasteiger partial charge in [-0.15, -0.1) is 11.8 Å². The zero-order valence-corrected chi connectivity index (χ0v) is 17.3. The van der Waals surface area contributed by atoms with Crippen molar-refractivity contribution in [2.75, 3.05) is 7.05 Å². The van der Waals surface area contributed by atoms with Gasteiger partial charge in [-0.2, -0.15) is 0 Å². The monoisotopic (exact) mass is 393 g/mol. The minimum absolute atomic E-state index is 0.00152. The average Bonchev–Trinajstić information content (AvgIpc) is 2.98. The van der Waals surface area contributed by atoms with Crippen LogP contribution in [0.15, 0.2) is 41.1 Å². The van der Waals surface area contributed by atoms with Crippen molar-refractivity contribution >= 4 is 29.3 Å². The van der Waals surface area contributed by atoms with Crippen LogP contribution in [-0.2, 0) is 4.79 Å². The number of halogens is 1. The molecule has 26 heavy (non-hydrogen) atoms. The Hall–Kier alpha value is -1.17. The van der Waals surface area contributed by atoms with Gasteiger partial charge in [0, 0.05) is 17.0 Å². The largest absolute Gasteiger partial charge is 0.310 e. The number of amides is 1. The van der Waals surface area contributed by atoms with Crippen molar-refractivity contribution in [3.05, 3.63) is 41.2 Å². The Balaban J connectivity index is 1.62. The van der Waals surface area contributed by atoms with Gasteiger partial charge in [-0.25, -0.2) is 5.43 Å². The molecule has 1 aromatic carbocycles. The van der Waals surface area contributed by atoms with E-state index in [-0.39, 0.29) is 5.91 Å². The first-order chi connectivity index (χ1) is 12.3. The van der Waals surface area contributed by atoms with E-state index in [1.54, 1.807) is 0 Å². The second kappa shape index (κ2) is 8.24. The summed E-state index contributed by atoms with van der Waals surface area (Å²) in [5.74, 6) is 1.52. The van der Waals surface area contributed by atoms with Crippen LogP contribution in [0.3, 0.4) is 0 Å². The summed E-state index contributed by atoms with van der Waals surface area (Å²) in [6.07, 6.45) is 8.68. The zero-order valence-electron chi connectivity index (χ0n) is 15.7. The molecular weight excluding hydrogens is 366 g/mol. The number of hydrogen-bond acceptors (Lipinski definition) is 4. The number of hydrazine groups is 1. The third-order valence-electron chi connectivity index (χ3n) is 5.17. The molecule has 0 aromatic heterocycles. The first kappa shape index (κ1) is 19.6. The normalized spacial score (nSPS) is 21.6. The highest BCUT2D eigenvalue weighted by Gasteiger charge is 2.33. The van der Waals surface area contributed by atoms with Crippen molar-refractivity contribution in [3.63, 3.8) is 0 Å². The molecule has 2 N–H and O–H groups in total. The first-order valence-corrected chi connectivity index (χ1v) is 10.5. The maximum absolute atomic E-state index is 12.9. The molecule has 1 saturated carbocycles. The summed E-state index contributed by atoms with van der Waals surface area (Å²) in [6.45, 7) is 3.90. The van der Waals surface area contributed by atoms with Gasteiger partial charge in [-0.3, -0.25) is 9.80 Å². The lowest BCUT2D eigenvalue weighted by Crippen LogP contribution is -2.45. The summed E-state index contributed by atoms with van der Waals surface area (Å²) >= 11 is 7.48. The highest BCUT2D eigenvalue weighted by molar-refractivity contribution is 8.01. The molecule has 3 rings (SSSR count). The third-order valence-corrected chi connectivity index (χ3v) is 6.63. The predicted molar refractivity (Wildman–Crippen MR) is 109 cm³/mol. The Morgan fingerprint density at radius 1 is 1.23 bits per heavy atom. The Bertz CT molecular complexity index is 668. The van der Waals surface area contributed by atoms with Crippen LogP contribution in [0, 0.1) is 5.92 Å². The lowest BCUT2D eigenvalue weighted by molar-refractivity contribution is -0.122. The molecule has 1 fully saturated rings. The Morgan fingerprint density at radius 2 is 1.88 bits per heavy atom. The first-order valence-electron chi connectivity index (χ1n) is 9.33. The van der Waals surface area contributed by atoms with Crippen LogP contribution in [0.2, 0.25) is 5.02 Å². The Morgan fingerprint density at radius 3 is 2.54 bits per heavy atom. The van der Waals surface area contributed by atoms with E-state index in [0.717, 1.165) is 10.7 Å². The number of rotatable bonds is 5. The summed E-state index contributed by atoms with van der Waals surface area (Å²) in [7, 11) is 1.97. The third kappa shape index (κ3) is 4.76. The van der Waals surface area contributed by atoms with E-state index < -0.39 is 4.75 Å². The summed E-state index contributed by atoms with van der Waals surface area (Å²) in [5, 5.41) is 5.76. The molecule has 0 spiro atoms. The molecule has 0 bridgehead atoms. The molecule has 0 radical (unpaired) electrons. The van der Waals surface area contributed by atoms with Gasteiger partial charge in [0.1, 0.15) is 5.82 Å². The van der Waals surface area contributed by atoms with Crippen LogP contribution in [-0.4, -0.2) is 28.8 Å². The molecular formula is C20H28ClN3OS. The van der Waals surface area contributed by atoms with E-state index in [4.69, 9.17) is 11.6 Å². The standard InChI is InChI=1S/C20H28ClN3OS/c1-20(2,26-16-11-9-15(21)10-12-16)19(25)22-18-13-17(23-24(18)3)14-7-5-4-6-8-14/h9-14,17,23H,4-8H2,1-3H3,(H,22,25). The molecule has 1 atom stereocenters. The molecule has 1 unspecified atom stereocenters. The second-order valence-corrected chi connectivity index (χ2v) is 9.82. The van der Waals surface area contributed by atoms with Gasteiger partial charge >= 0.3 is 0 Å². The van der Waals surface area contributed by atoms with Crippen molar-refractivity contribution < 1.29 is 4.79 Å². The second-order valence-electron chi connectivity index (χ2n) is 7.68. The summed E-state index contributed by atoms with van der Waals surface area (Å²) in [4.78, 5) is 13.9. The zero-order chi connectivity index (χ0) is 18.7. The smallest absolute Gasteiger partial charge is 0.241 e. The molecule has 1 amide bonds. The molecule has 142 valence electrons. The van der Waals surface area contributed by atoms with Gasteiger partial charge in [0.05, 0.1) is 10.8 Å². The van der Waals surface area contributed by atoms with Crippen LogP contribution in [0.25, 0.3) is 0 Å². The van der Waals surface area contributed by atoms with Gasteiger partial charge in [0.15, 0.2) is 0 Å². The number of thioether (sulfide) groups is 1. The quantitative estimate of drug-likeness (QED) is 0.719. The van der Waals surface area contributed by atoms with E-state index in [9.17, 15) is 4.79 Å². The van der Waals surface area contributed by atoms with Gasteiger partial charge in [0.25, 0.3) is 0 Å². The lowest BCUT2D eigenvalue weighted by atomic mass is 9.84. The number of hydrogen-bond donors (Lipinski definition) is 2. The predicted octanol–water partition coefficient (Wildman–Crippen LogP) is 4.57. The van der Waals surface area contributed by atoms with Gasteiger partial charge < -0.3 is 5.32 Å². The lowest BCUT2D eigenvalue weighted by Gasteiger charge is -2.28. The van der Waals surface area contributed by atoms with Crippen LogP contribution < -0.4 is 10.7 Å². The van der Waals surface area contributed by atoms with E-state index in [2.05, 4.69) is 16.8 Å². The van der Waals surface area contributed by atoms with Crippen LogP contribution >= 0.6 is 23.4 Å². The fourth-order valence-electron chi connectivity index (χ4n) is 3.58. The summed E-state index contributed by atoms with van der Waals surface area (Å²) in [5.41, 5.74) is 3.49. The number of carbonyl (C=O) groups excluding carboxylic acids is 1. The molecule has 6 heteroatoms. The number of benzene rings is 1. The maximum atomic E-state index is 12.9. The van der Waals surface area contributed by atoms with Crippen LogP contribution in [0.1, 0.15) is 46.0 Å². The molecule has 1 aromatic rings. The van der Waals surface area contributed by atoms with Crippen molar-refractivity contribution in [3.8, 4) is 0 Å². The molecule has 4 nitrogen and oxygen atoms in total. The fourth-order valence-corrected chi connectivity index (χ4v) is 4.71.